The monoisotopic (exact) mass is 173 g/mol. The summed E-state index contributed by atoms with van der Waals surface area (Å²) in [4.78, 5) is 10.7. The predicted octanol–water partition coefficient (Wildman–Crippen LogP) is -0.877. The number of hydrogen-bond donors (Lipinski definition) is 2. The van der Waals surface area contributed by atoms with E-state index in [1.807, 2.05) is 0 Å². The molecule has 5 nitrogen and oxygen atoms in total. The van der Waals surface area contributed by atoms with Crippen molar-refractivity contribution in [1.29, 1.82) is 0 Å². The number of ether oxygens (including phenoxy) is 1. The minimum Gasteiger partial charge on any atom is -0.461 e. The molecule has 0 aromatic carbocycles. The van der Waals surface area contributed by atoms with Gasteiger partial charge in [-0.1, -0.05) is 0 Å². The molecule has 0 bridgehead atoms. The summed E-state index contributed by atoms with van der Waals surface area (Å²) in [6, 6.07) is 0. The molecule has 0 aromatic rings. The van der Waals surface area contributed by atoms with E-state index in [2.05, 4.69) is 27.5 Å². The third-order valence-electron chi connectivity index (χ3n) is 1.11. The molecule has 0 spiro atoms. The third-order valence-corrected chi connectivity index (χ3v) is 1.20. The number of rotatable bonds is 1. The first-order valence-electron chi connectivity index (χ1n) is 2.99. The van der Waals surface area contributed by atoms with Crippen molar-refractivity contribution in [3.05, 3.63) is 0 Å². The van der Waals surface area contributed by atoms with Gasteiger partial charge in [0.1, 0.15) is 5.71 Å². The summed E-state index contributed by atoms with van der Waals surface area (Å²) in [7, 11) is 0. The summed E-state index contributed by atoms with van der Waals surface area (Å²) in [5, 5.41) is 3.67. The molecule has 0 saturated carbocycles. The fourth-order valence-corrected chi connectivity index (χ4v) is 0.696. The number of nitrogens with two attached hydrogens (primary N) is 1. The molecule has 3 N–H and O–H groups in total. The maximum absolute atomic E-state index is 10.7. The third kappa shape index (κ3) is 2.15. The maximum atomic E-state index is 10.7. The molecule has 1 rings (SSSR count). The van der Waals surface area contributed by atoms with Gasteiger partial charge in [0.2, 0.25) is 0 Å². The molecule has 1 fully saturated rings. The van der Waals surface area contributed by atoms with Crippen molar-refractivity contribution >= 4 is 29.0 Å². The van der Waals surface area contributed by atoms with Crippen molar-refractivity contribution in [2.24, 2.45) is 10.8 Å². The average molecular weight is 173 g/mol. The lowest BCUT2D eigenvalue weighted by Crippen LogP contribution is -2.26. The normalized spacial score (nSPS) is 20.0. The van der Waals surface area contributed by atoms with Crippen molar-refractivity contribution in [3.8, 4) is 0 Å². The molecule has 11 heavy (non-hydrogen) atoms. The highest BCUT2D eigenvalue weighted by atomic mass is 32.1. The largest absolute Gasteiger partial charge is 0.461 e. The Morgan fingerprint density at radius 3 is 3.00 bits per heavy atom. The second kappa shape index (κ2) is 3.29. The van der Waals surface area contributed by atoms with Crippen LogP contribution in [0.4, 0.5) is 0 Å². The topological polar surface area (TPSA) is 76.7 Å². The van der Waals surface area contributed by atoms with Crippen molar-refractivity contribution in [3.63, 3.8) is 0 Å². The number of carbonyl (C=O) groups is 1. The van der Waals surface area contributed by atoms with Gasteiger partial charge in [0.05, 0.1) is 6.61 Å². The van der Waals surface area contributed by atoms with Crippen LogP contribution in [0.1, 0.15) is 6.42 Å². The number of esters is 1. The minimum atomic E-state index is -0.409. The fraction of sp³-hybridized carbons (Fsp3) is 0.400. The Hall–Kier alpha value is -1.17. The summed E-state index contributed by atoms with van der Waals surface area (Å²) >= 11 is 4.48. The van der Waals surface area contributed by atoms with E-state index in [0.717, 1.165) is 0 Å². The van der Waals surface area contributed by atoms with E-state index in [1.165, 1.54) is 0 Å². The van der Waals surface area contributed by atoms with E-state index in [1.54, 1.807) is 0 Å². The van der Waals surface area contributed by atoms with Crippen molar-refractivity contribution in [1.82, 2.24) is 5.43 Å². The number of nitrogens with zero attached hydrogens (tertiary/aromatic N) is 1. The second-order valence-corrected chi connectivity index (χ2v) is 2.36. The molecule has 1 saturated heterocycles. The molecule has 0 amide bonds. The molecular weight excluding hydrogens is 166 g/mol. The van der Waals surface area contributed by atoms with Gasteiger partial charge in [-0.3, -0.25) is 5.43 Å². The first kappa shape index (κ1) is 7.93. The van der Waals surface area contributed by atoms with Crippen molar-refractivity contribution in [2.45, 2.75) is 6.42 Å². The van der Waals surface area contributed by atoms with Gasteiger partial charge >= 0.3 is 5.97 Å². The standard InChI is InChI=1S/C5H7N3O2S/c6-5(11)8-7-3-1-2-10-4(3)9/h1-2H2,(H3,6,8,11)/b7-3+. The van der Waals surface area contributed by atoms with Crippen LogP contribution in [0.25, 0.3) is 0 Å². The van der Waals surface area contributed by atoms with Gasteiger partial charge in [-0.25, -0.2) is 4.79 Å². The Morgan fingerprint density at radius 1 is 1.82 bits per heavy atom. The summed E-state index contributed by atoms with van der Waals surface area (Å²) in [6.07, 6.45) is 0.508. The van der Waals surface area contributed by atoms with E-state index in [0.29, 0.717) is 18.7 Å². The van der Waals surface area contributed by atoms with Crippen LogP contribution in [0, 0.1) is 0 Å². The van der Waals surface area contributed by atoms with Crippen LogP contribution in [0.3, 0.4) is 0 Å². The molecular formula is C5H7N3O2S. The fourth-order valence-electron chi connectivity index (χ4n) is 0.650. The smallest absolute Gasteiger partial charge is 0.354 e. The molecule has 0 aliphatic carbocycles. The highest BCUT2D eigenvalue weighted by Gasteiger charge is 2.20. The Bertz CT molecular complexity index is 226. The lowest BCUT2D eigenvalue weighted by molar-refractivity contribution is -0.132. The quantitative estimate of drug-likeness (QED) is 0.306. The van der Waals surface area contributed by atoms with Crippen molar-refractivity contribution < 1.29 is 9.53 Å². The lowest BCUT2D eigenvalue weighted by atomic mass is 10.3. The molecule has 1 heterocycles. The average Bonchev–Trinajstić information content (AvgIpc) is 2.31. The van der Waals surface area contributed by atoms with E-state index in [9.17, 15) is 4.79 Å². The maximum Gasteiger partial charge on any atom is 0.354 e. The molecule has 0 atom stereocenters. The van der Waals surface area contributed by atoms with Gasteiger partial charge in [-0.05, 0) is 12.2 Å². The second-order valence-electron chi connectivity index (χ2n) is 1.92. The highest BCUT2D eigenvalue weighted by Crippen LogP contribution is 2.00. The number of carbonyl (C=O) groups excluding carboxylic acids is 1. The molecule has 60 valence electrons. The summed E-state index contributed by atoms with van der Waals surface area (Å²) in [5.74, 6) is -0.409. The Kier molecular flexibility index (Phi) is 2.37. The van der Waals surface area contributed by atoms with E-state index >= 15 is 0 Å². The molecule has 0 unspecified atom stereocenters. The van der Waals surface area contributed by atoms with Gasteiger partial charge in [0.25, 0.3) is 0 Å². The van der Waals surface area contributed by atoms with E-state index < -0.39 is 5.97 Å². The van der Waals surface area contributed by atoms with Crippen LogP contribution in [0.5, 0.6) is 0 Å². The lowest BCUT2D eigenvalue weighted by Gasteiger charge is -1.94. The van der Waals surface area contributed by atoms with Crippen LogP contribution >= 0.6 is 12.2 Å². The van der Waals surface area contributed by atoms with Gasteiger partial charge < -0.3 is 10.5 Å². The van der Waals surface area contributed by atoms with E-state index in [4.69, 9.17) is 5.73 Å². The number of nitrogens with one attached hydrogen (secondary N) is 1. The summed E-state index contributed by atoms with van der Waals surface area (Å²) in [5.41, 5.74) is 7.72. The minimum absolute atomic E-state index is 0.0391. The molecule has 0 aromatic heterocycles. The highest BCUT2D eigenvalue weighted by molar-refractivity contribution is 7.80. The summed E-state index contributed by atoms with van der Waals surface area (Å²) < 4.78 is 4.60. The zero-order valence-corrected chi connectivity index (χ0v) is 6.48. The number of cyclic esters (lactones) is 1. The zero-order chi connectivity index (χ0) is 8.27. The van der Waals surface area contributed by atoms with Crippen LogP contribution in [-0.4, -0.2) is 23.4 Å². The van der Waals surface area contributed by atoms with Gasteiger partial charge in [-0.15, -0.1) is 0 Å². The number of thiocarbonyl (C=S) groups is 1. The zero-order valence-electron chi connectivity index (χ0n) is 5.66. The number of hydrogen-bond acceptors (Lipinski definition) is 4. The molecule has 1 aliphatic rings. The van der Waals surface area contributed by atoms with Crippen LogP contribution in [-0.2, 0) is 9.53 Å². The SMILES string of the molecule is NC(=S)N/N=C1\CCOC1=O. The number of hydrazone groups is 1. The molecule has 6 heteroatoms. The van der Waals surface area contributed by atoms with Gasteiger partial charge in [0, 0.05) is 6.42 Å². The van der Waals surface area contributed by atoms with Gasteiger partial charge in [-0.2, -0.15) is 5.10 Å². The van der Waals surface area contributed by atoms with Crippen LogP contribution in [0.2, 0.25) is 0 Å². The van der Waals surface area contributed by atoms with Gasteiger partial charge in [0.15, 0.2) is 5.11 Å². The Morgan fingerprint density at radius 2 is 2.55 bits per heavy atom. The van der Waals surface area contributed by atoms with E-state index in [-0.39, 0.29) is 5.11 Å². The molecule has 0 radical (unpaired) electrons. The molecule has 1 aliphatic heterocycles. The summed E-state index contributed by atoms with van der Waals surface area (Å²) in [6.45, 7) is 0.386. The Balaban J connectivity index is 2.52. The first-order chi connectivity index (χ1) is 5.20. The van der Waals surface area contributed by atoms with Crippen LogP contribution in [0.15, 0.2) is 5.10 Å². The Labute approximate surface area is 68.6 Å². The predicted molar refractivity (Wildman–Crippen MR) is 42.9 cm³/mol. The first-order valence-corrected chi connectivity index (χ1v) is 3.40. The van der Waals surface area contributed by atoms with Crippen molar-refractivity contribution in [2.75, 3.05) is 6.61 Å². The van der Waals surface area contributed by atoms with Crippen LogP contribution < -0.4 is 11.2 Å².